The van der Waals surface area contributed by atoms with E-state index in [2.05, 4.69) is 10.1 Å². The Morgan fingerprint density at radius 1 is 1.03 bits per heavy atom. The van der Waals surface area contributed by atoms with E-state index >= 15 is 0 Å². The molecule has 154 valence electrons. The lowest BCUT2D eigenvalue weighted by Gasteiger charge is -2.03. The molecule has 0 spiro atoms. The normalized spacial score (nSPS) is 11.5. The second-order valence-corrected chi connectivity index (χ2v) is 8.71. The van der Waals surface area contributed by atoms with E-state index in [1.807, 2.05) is 38.1 Å². The van der Waals surface area contributed by atoms with Crippen LogP contribution in [0.3, 0.4) is 0 Å². The minimum atomic E-state index is -3.52. The van der Waals surface area contributed by atoms with Crippen LogP contribution in [-0.2, 0) is 15.6 Å². The maximum absolute atomic E-state index is 12.6. The largest absolute Gasteiger partial charge is 0.494 e. The van der Waals surface area contributed by atoms with Gasteiger partial charge in [-0.1, -0.05) is 35.0 Å². The summed E-state index contributed by atoms with van der Waals surface area (Å²) in [6, 6.07) is 17.3. The van der Waals surface area contributed by atoms with Crippen molar-refractivity contribution in [2.75, 3.05) is 6.61 Å². The van der Waals surface area contributed by atoms with Crippen molar-refractivity contribution in [3.8, 4) is 28.8 Å². The summed E-state index contributed by atoms with van der Waals surface area (Å²) in [7, 11) is -3.52. The third-order valence-corrected chi connectivity index (χ3v) is 6.07. The quantitative estimate of drug-likeness (QED) is 0.425. The molecule has 2 aromatic carbocycles. The predicted molar refractivity (Wildman–Crippen MR) is 111 cm³/mol. The lowest BCUT2D eigenvalue weighted by Crippen LogP contribution is -2.04. The van der Waals surface area contributed by atoms with Gasteiger partial charge in [0, 0.05) is 5.56 Å². The monoisotopic (exact) mass is 424 g/mol. The molecule has 0 unspecified atom stereocenters. The van der Waals surface area contributed by atoms with Gasteiger partial charge >= 0.3 is 0 Å². The highest BCUT2D eigenvalue weighted by molar-refractivity contribution is 7.90. The van der Waals surface area contributed by atoms with Gasteiger partial charge in [-0.25, -0.2) is 8.42 Å². The zero-order valence-corrected chi connectivity index (χ0v) is 17.3. The molecule has 0 aliphatic carbocycles. The number of benzene rings is 2. The zero-order chi connectivity index (χ0) is 21.1. The van der Waals surface area contributed by atoms with Gasteiger partial charge < -0.3 is 13.7 Å². The Bertz CT molecular complexity index is 1260. The molecule has 0 atom stereocenters. The summed E-state index contributed by atoms with van der Waals surface area (Å²) in [6.07, 6.45) is 0. The van der Waals surface area contributed by atoms with Crippen LogP contribution in [0.5, 0.6) is 5.75 Å². The van der Waals surface area contributed by atoms with Gasteiger partial charge in [0.15, 0.2) is 15.6 Å². The van der Waals surface area contributed by atoms with Crippen molar-refractivity contribution in [1.82, 2.24) is 10.1 Å². The molecule has 30 heavy (non-hydrogen) atoms. The molecule has 0 aliphatic heterocycles. The molecule has 0 saturated heterocycles. The van der Waals surface area contributed by atoms with E-state index in [-0.39, 0.29) is 16.5 Å². The summed E-state index contributed by atoms with van der Waals surface area (Å²) in [6.45, 7) is 4.37. The lowest BCUT2D eigenvalue weighted by atomic mass is 10.2. The topological polar surface area (TPSA) is 95.4 Å². The standard InChI is InChI=1S/C22H20N2O5S/c1-3-27-17-6-4-5-16(13-17)21-23-22(29-24-21)20-12-9-18(28-20)14-30(25,26)19-10-7-15(2)8-11-19/h4-13H,3,14H2,1-2H3. The molecular weight excluding hydrogens is 404 g/mol. The molecular formula is C22H20N2O5S. The highest BCUT2D eigenvalue weighted by Crippen LogP contribution is 2.27. The third kappa shape index (κ3) is 4.28. The van der Waals surface area contributed by atoms with E-state index in [0.29, 0.717) is 29.7 Å². The van der Waals surface area contributed by atoms with Crippen LogP contribution in [0.1, 0.15) is 18.2 Å². The van der Waals surface area contributed by atoms with Crippen molar-refractivity contribution >= 4 is 9.84 Å². The highest BCUT2D eigenvalue weighted by Gasteiger charge is 2.20. The molecule has 0 fully saturated rings. The minimum absolute atomic E-state index is 0.172. The third-order valence-electron chi connectivity index (χ3n) is 4.41. The number of furan rings is 1. The van der Waals surface area contributed by atoms with Gasteiger partial charge in [0.2, 0.25) is 5.82 Å². The van der Waals surface area contributed by atoms with Crippen LogP contribution in [0, 0.1) is 6.92 Å². The van der Waals surface area contributed by atoms with Crippen LogP contribution in [-0.4, -0.2) is 25.2 Å². The summed E-state index contributed by atoms with van der Waals surface area (Å²) in [5, 5.41) is 3.98. The van der Waals surface area contributed by atoms with Gasteiger partial charge in [0.1, 0.15) is 17.3 Å². The number of hydrogen-bond acceptors (Lipinski definition) is 7. The number of ether oxygens (including phenoxy) is 1. The summed E-state index contributed by atoms with van der Waals surface area (Å²) in [4.78, 5) is 4.60. The fourth-order valence-corrected chi connectivity index (χ4v) is 4.17. The molecule has 0 radical (unpaired) electrons. The van der Waals surface area contributed by atoms with E-state index in [1.165, 1.54) is 0 Å². The maximum atomic E-state index is 12.6. The average Bonchev–Trinajstić information content (AvgIpc) is 3.38. The predicted octanol–water partition coefficient (Wildman–Crippen LogP) is 4.68. The summed E-state index contributed by atoms with van der Waals surface area (Å²) in [5.74, 6) is 1.62. The van der Waals surface area contributed by atoms with Crippen molar-refractivity contribution in [2.45, 2.75) is 24.5 Å². The lowest BCUT2D eigenvalue weighted by molar-refractivity contribution is 0.340. The Morgan fingerprint density at radius 2 is 1.83 bits per heavy atom. The minimum Gasteiger partial charge on any atom is -0.494 e. The van der Waals surface area contributed by atoms with E-state index < -0.39 is 9.84 Å². The molecule has 4 rings (SSSR count). The van der Waals surface area contributed by atoms with E-state index in [1.54, 1.807) is 36.4 Å². The zero-order valence-electron chi connectivity index (χ0n) is 16.5. The first-order valence-corrected chi connectivity index (χ1v) is 11.1. The van der Waals surface area contributed by atoms with Crippen LogP contribution in [0.2, 0.25) is 0 Å². The number of nitrogens with zero attached hydrogens (tertiary/aromatic N) is 2. The number of rotatable bonds is 7. The Morgan fingerprint density at radius 3 is 2.60 bits per heavy atom. The molecule has 0 bridgehead atoms. The van der Waals surface area contributed by atoms with E-state index in [0.717, 1.165) is 11.1 Å². The van der Waals surface area contributed by atoms with Gasteiger partial charge in [-0.15, -0.1) is 0 Å². The van der Waals surface area contributed by atoms with Crippen molar-refractivity contribution in [1.29, 1.82) is 0 Å². The first kappa shape index (κ1) is 19.9. The van der Waals surface area contributed by atoms with Crippen LogP contribution in [0.4, 0.5) is 0 Å². The van der Waals surface area contributed by atoms with Gasteiger partial charge in [-0.3, -0.25) is 0 Å². The van der Waals surface area contributed by atoms with E-state index in [9.17, 15) is 8.42 Å². The van der Waals surface area contributed by atoms with Gasteiger partial charge in [0.25, 0.3) is 5.89 Å². The second-order valence-electron chi connectivity index (χ2n) is 6.72. The Kier molecular flexibility index (Phi) is 5.41. The van der Waals surface area contributed by atoms with E-state index in [4.69, 9.17) is 13.7 Å². The summed E-state index contributed by atoms with van der Waals surface area (Å²) in [5.41, 5.74) is 1.73. The first-order valence-electron chi connectivity index (χ1n) is 9.40. The second kappa shape index (κ2) is 8.16. The molecule has 0 amide bonds. The van der Waals surface area contributed by atoms with Crippen LogP contribution in [0.25, 0.3) is 23.0 Å². The highest BCUT2D eigenvalue weighted by atomic mass is 32.2. The first-order chi connectivity index (χ1) is 14.4. The SMILES string of the molecule is CCOc1cccc(-c2noc(-c3ccc(CS(=O)(=O)c4ccc(C)cc4)o3)n2)c1. The Hall–Kier alpha value is -3.39. The smallest absolute Gasteiger partial charge is 0.293 e. The average molecular weight is 424 g/mol. The van der Waals surface area contributed by atoms with Gasteiger partial charge in [-0.2, -0.15) is 4.98 Å². The van der Waals surface area contributed by atoms with Crippen LogP contribution >= 0.6 is 0 Å². The molecule has 0 saturated carbocycles. The molecule has 0 N–H and O–H groups in total. The number of aromatic nitrogens is 2. The van der Waals surface area contributed by atoms with Gasteiger partial charge in [-0.05, 0) is 50.2 Å². The number of hydrogen-bond donors (Lipinski definition) is 0. The molecule has 8 heteroatoms. The molecule has 4 aromatic rings. The molecule has 2 aromatic heterocycles. The van der Waals surface area contributed by atoms with Gasteiger partial charge in [0.05, 0.1) is 11.5 Å². The Balaban J connectivity index is 1.53. The fourth-order valence-electron chi connectivity index (χ4n) is 2.92. The summed E-state index contributed by atoms with van der Waals surface area (Å²) < 4.78 is 41.7. The van der Waals surface area contributed by atoms with Crippen molar-refractivity contribution in [2.24, 2.45) is 0 Å². The van der Waals surface area contributed by atoms with Crippen molar-refractivity contribution in [3.05, 3.63) is 72.0 Å². The number of aryl methyl sites for hydroxylation is 1. The van der Waals surface area contributed by atoms with Crippen LogP contribution < -0.4 is 4.74 Å². The molecule has 7 nitrogen and oxygen atoms in total. The fraction of sp³-hybridized carbons (Fsp3) is 0.182. The van der Waals surface area contributed by atoms with Crippen molar-refractivity contribution in [3.63, 3.8) is 0 Å². The summed E-state index contributed by atoms with van der Waals surface area (Å²) >= 11 is 0. The molecule has 0 aliphatic rings. The number of sulfone groups is 1. The molecule has 2 heterocycles. The Labute approximate surface area is 174 Å². The van der Waals surface area contributed by atoms with Crippen molar-refractivity contribution < 1.29 is 22.1 Å². The van der Waals surface area contributed by atoms with Crippen LogP contribution in [0.15, 0.2) is 74.5 Å². The maximum Gasteiger partial charge on any atom is 0.293 e.